The molecule has 28 heavy (non-hydrogen) atoms. The number of nitrogens with one attached hydrogen (secondary N) is 2. The Morgan fingerprint density at radius 3 is 2.50 bits per heavy atom. The molecule has 0 bridgehead atoms. The Morgan fingerprint density at radius 1 is 1.21 bits per heavy atom. The summed E-state index contributed by atoms with van der Waals surface area (Å²) in [5.41, 5.74) is 0.714. The highest BCUT2D eigenvalue weighted by Gasteiger charge is 2.49. The van der Waals surface area contributed by atoms with E-state index in [-0.39, 0.29) is 0 Å². The van der Waals surface area contributed by atoms with Gasteiger partial charge in [0.15, 0.2) is 0 Å². The Morgan fingerprint density at radius 2 is 1.89 bits per heavy atom. The number of carbonyl (C=O) groups is 3. The van der Waals surface area contributed by atoms with Crippen molar-refractivity contribution < 1.29 is 19.1 Å². The summed E-state index contributed by atoms with van der Waals surface area (Å²) in [6.07, 6.45) is 0. The molecule has 1 fully saturated rings. The first kappa shape index (κ1) is 19.7. The van der Waals surface area contributed by atoms with Gasteiger partial charge in [-0.05, 0) is 49.2 Å². The zero-order chi connectivity index (χ0) is 20.5. The predicted molar refractivity (Wildman–Crippen MR) is 105 cm³/mol. The number of imide groups is 1. The van der Waals surface area contributed by atoms with E-state index in [1.165, 1.54) is 0 Å². The molecule has 2 N–H and O–H groups in total. The fourth-order valence-corrected chi connectivity index (χ4v) is 3.16. The van der Waals surface area contributed by atoms with Crippen LogP contribution in [0.1, 0.15) is 18.1 Å². The normalized spacial score (nSPS) is 18.8. The first-order chi connectivity index (χ1) is 13.2. The second-order valence-electron chi connectivity index (χ2n) is 6.69. The number of amides is 4. The fourth-order valence-electron chi connectivity index (χ4n) is 2.98. The molecule has 1 saturated heterocycles. The molecule has 1 heterocycles. The zero-order valence-electron chi connectivity index (χ0n) is 15.7. The Balaban J connectivity index is 1.73. The van der Waals surface area contributed by atoms with Crippen molar-refractivity contribution in [1.29, 1.82) is 0 Å². The summed E-state index contributed by atoms with van der Waals surface area (Å²) in [6.45, 7) is 3.05. The SMILES string of the molecule is COc1ccc([C@]2(C)NC(=O)N(CC(=O)Nc3ccc(C)c(Cl)c3)C2=O)cc1. The largest absolute Gasteiger partial charge is 0.497 e. The summed E-state index contributed by atoms with van der Waals surface area (Å²) >= 11 is 6.05. The molecule has 0 aromatic heterocycles. The monoisotopic (exact) mass is 401 g/mol. The standard InChI is InChI=1S/C20H20ClN3O4/c1-12-4-7-14(10-16(12)21)22-17(25)11-24-18(26)20(2,23-19(24)27)13-5-8-15(28-3)9-6-13/h4-10H,11H2,1-3H3,(H,22,25)(H,23,27)/t20-/m0/s1. The Labute approximate surface area is 167 Å². The molecule has 1 aliphatic heterocycles. The fraction of sp³-hybridized carbons (Fsp3) is 0.250. The molecular weight excluding hydrogens is 382 g/mol. The lowest BCUT2D eigenvalue weighted by Crippen LogP contribution is -2.42. The van der Waals surface area contributed by atoms with Crippen molar-refractivity contribution in [3.63, 3.8) is 0 Å². The van der Waals surface area contributed by atoms with E-state index in [1.54, 1.807) is 56.5 Å². The van der Waals surface area contributed by atoms with Crippen LogP contribution in [0.25, 0.3) is 0 Å². The summed E-state index contributed by atoms with van der Waals surface area (Å²) in [7, 11) is 1.54. The van der Waals surface area contributed by atoms with E-state index in [1.807, 2.05) is 6.92 Å². The van der Waals surface area contributed by atoms with Crippen LogP contribution in [0, 0.1) is 6.92 Å². The van der Waals surface area contributed by atoms with Gasteiger partial charge in [0.05, 0.1) is 7.11 Å². The van der Waals surface area contributed by atoms with Crippen LogP contribution in [-0.4, -0.2) is 36.4 Å². The molecule has 146 valence electrons. The van der Waals surface area contributed by atoms with Crippen LogP contribution in [-0.2, 0) is 15.1 Å². The lowest BCUT2D eigenvalue weighted by molar-refractivity contribution is -0.133. The number of nitrogens with zero attached hydrogens (tertiary/aromatic N) is 1. The third kappa shape index (κ3) is 3.66. The third-order valence-electron chi connectivity index (χ3n) is 4.70. The second kappa shape index (κ2) is 7.52. The number of carbonyl (C=O) groups excluding carboxylic acids is 3. The first-order valence-electron chi connectivity index (χ1n) is 8.59. The van der Waals surface area contributed by atoms with Gasteiger partial charge in [-0.1, -0.05) is 29.8 Å². The number of hydrogen-bond acceptors (Lipinski definition) is 4. The minimum absolute atomic E-state index is 0.401. The molecule has 4 amide bonds. The van der Waals surface area contributed by atoms with E-state index < -0.39 is 29.9 Å². The van der Waals surface area contributed by atoms with Crippen molar-refractivity contribution in [3.05, 3.63) is 58.6 Å². The molecule has 1 atom stereocenters. The zero-order valence-corrected chi connectivity index (χ0v) is 16.5. The number of methoxy groups -OCH3 is 1. The lowest BCUT2D eigenvalue weighted by atomic mass is 9.92. The van der Waals surface area contributed by atoms with Gasteiger partial charge in [-0.25, -0.2) is 4.79 Å². The van der Waals surface area contributed by atoms with Gasteiger partial charge in [0, 0.05) is 10.7 Å². The summed E-state index contributed by atoms with van der Waals surface area (Å²) < 4.78 is 5.11. The van der Waals surface area contributed by atoms with Crippen molar-refractivity contribution in [2.75, 3.05) is 19.0 Å². The van der Waals surface area contributed by atoms with Crippen molar-refractivity contribution >= 4 is 35.1 Å². The van der Waals surface area contributed by atoms with E-state index in [0.717, 1.165) is 10.5 Å². The van der Waals surface area contributed by atoms with Gasteiger partial charge in [-0.15, -0.1) is 0 Å². The molecule has 0 saturated carbocycles. The molecule has 0 unspecified atom stereocenters. The average Bonchev–Trinajstić information content (AvgIpc) is 2.89. The number of anilines is 1. The van der Waals surface area contributed by atoms with Gasteiger partial charge >= 0.3 is 6.03 Å². The smallest absolute Gasteiger partial charge is 0.325 e. The maximum absolute atomic E-state index is 12.9. The minimum atomic E-state index is -1.25. The summed E-state index contributed by atoms with van der Waals surface area (Å²) in [4.78, 5) is 38.5. The van der Waals surface area contributed by atoms with Crippen LogP contribution in [0.4, 0.5) is 10.5 Å². The Kier molecular flexibility index (Phi) is 5.29. The molecule has 0 radical (unpaired) electrons. The van der Waals surface area contributed by atoms with Gasteiger partial charge in [-0.3, -0.25) is 14.5 Å². The van der Waals surface area contributed by atoms with Crippen LogP contribution in [0.15, 0.2) is 42.5 Å². The third-order valence-corrected chi connectivity index (χ3v) is 5.11. The Hall–Kier alpha value is -3.06. The number of halogens is 1. The van der Waals surface area contributed by atoms with E-state index in [9.17, 15) is 14.4 Å². The molecule has 2 aromatic rings. The Bertz CT molecular complexity index is 945. The highest BCUT2D eigenvalue weighted by molar-refractivity contribution is 6.31. The average molecular weight is 402 g/mol. The van der Waals surface area contributed by atoms with Crippen LogP contribution in [0.3, 0.4) is 0 Å². The van der Waals surface area contributed by atoms with Crippen molar-refractivity contribution in [3.8, 4) is 5.75 Å². The van der Waals surface area contributed by atoms with Crippen molar-refractivity contribution in [1.82, 2.24) is 10.2 Å². The van der Waals surface area contributed by atoms with Gasteiger partial charge in [0.1, 0.15) is 17.8 Å². The molecule has 2 aromatic carbocycles. The molecule has 3 rings (SSSR count). The van der Waals surface area contributed by atoms with Gasteiger partial charge in [0.2, 0.25) is 5.91 Å². The lowest BCUT2D eigenvalue weighted by Gasteiger charge is -2.22. The number of ether oxygens (including phenoxy) is 1. The predicted octanol–water partition coefficient (Wildman–Crippen LogP) is 3.06. The van der Waals surface area contributed by atoms with E-state index in [4.69, 9.17) is 16.3 Å². The summed E-state index contributed by atoms with van der Waals surface area (Å²) in [5.74, 6) is -0.362. The molecular formula is C20H20ClN3O4. The molecule has 8 heteroatoms. The quantitative estimate of drug-likeness (QED) is 0.754. The highest BCUT2D eigenvalue weighted by atomic mass is 35.5. The second-order valence-corrected chi connectivity index (χ2v) is 7.09. The van der Waals surface area contributed by atoms with E-state index in [0.29, 0.717) is 22.0 Å². The van der Waals surface area contributed by atoms with Crippen LogP contribution in [0.5, 0.6) is 5.75 Å². The minimum Gasteiger partial charge on any atom is -0.497 e. The summed E-state index contributed by atoms with van der Waals surface area (Å²) in [6, 6.07) is 11.3. The molecule has 1 aliphatic rings. The number of rotatable bonds is 5. The summed E-state index contributed by atoms with van der Waals surface area (Å²) in [5, 5.41) is 5.83. The highest BCUT2D eigenvalue weighted by Crippen LogP contribution is 2.30. The van der Waals surface area contributed by atoms with Crippen LogP contribution < -0.4 is 15.4 Å². The molecule has 0 spiro atoms. The number of urea groups is 1. The number of benzene rings is 2. The van der Waals surface area contributed by atoms with Gasteiger partial charge in [0.25, 0.3) is 5.91 Å². The van der Waals surface area contributed by atoms with Gasteiger partial charge in [-0.2, -0.15) is 0 Å². The number of hydrogen-bond donors (Lipinski definition) is 2. The first-order valence-corrected chi connectivity index (χ1v) is 8.97. The maximum atomic E-state index is 12.9. The van der Waals surface area contributed by atoms with E-state index >= 15 is 0 Å². The topological polar surface area (TPSA) is 87.7 Å². The number of aryl methyl sites for hydroxylation is 1. The molecule has 0 aliphatic carbocycles. The van der Waals surface area contributed by atoms with Gasteiger partial charge < -0.3 is 15.4 Å². The maximum Gasteiger partial charge on any atom is 0.325 e. The van der Waals surface area contributed by atoms with E-state index in [2.05, 4.69) is 10.6 Å². The molecule has 7 nitrogen and oxygen atoms in total. The van der Waals surface area contributed by atoms with Crippen molar-refractivity contribution in [2.45, 2.75) is 19.4 Å². The van der Waals surface area contributed by atoms with Crippen molar-refractivity contribution in [2.24, 2.45) is 0 Å². The van der Waals surface area contributed by atoms with Crippen LogP contribution >= 0.6 is 11.6 Å². The van der Waals surface area contributed by atoms with Crippen LogP contribution in [0.2, 0.25) is 5.02 Å².